The van der Waals surface area contributed by atoms with E-state index < -0.39 is 0 Å². The van der Waals surface area contributed by atoms with Crippen molar-refractivity contribution >= 4 is 27.3 Å². The van der Waals surface area contributed by atoms with Gasteiger partial charge >= 0.3 is 0 Å². The Kier molecular flexibility index (Phi) is 4.41. The summed E-state index contributed by atoms with van der Waals surface area (Å²) in [5.41, 5.74) is 0. The molecule has 16 heavy (non-hydrogen) atoms. The third-order valence-electron chi connectivity index (χ3n) is 3.13. The Balaban J connectivity index is 1.95. The lowest BCUT2D eigenvalue weighted by molar-refractivity contribution is 0.0339. The highest BCUT2D eigenvalue weighted by atomic mass is 79.9. The Morgan fingerprint density at radius 1 is 1.62 bits per heavy atom. The van der Waals surface area contributed by atoms with Crippen LogP contribution in [0.15, 0.2) is 15.9 Å². The second-order valence-corrected chi connectivity index (χ2v) is 6.30. The molecule has 90 valence electrons. The number of nitrogens with one attached hydrogen (secondary N) is 1. The molecule has 1 aliphatic heterocycles. The summed E-state index contributed by atoms with van der Waals surface area (Å²) in [6.07, 6.45) is 4.23. The monoisotopic (exact) mass is 303 g/mol. The fraction of sp³-hybridized carbons (Fsp3) is 0.667. The summed E-state index contributed by atoms with van der Waals surface area (Å²) in [6, 6.07) is 2.64. The molecule has 0 saturated carbocycles. The van der Waals surface area contributed by atoms with Crippen LogP contribution < -0.4 is 5.32 Å². The molecule has 2 rings (SSSR count). The van der Waals surface area contributed by atoms with Crippen LogP contribution in [0.1, 0.15) is 24.6 Å². The maximum absolute atomic E-state index is 5.92. The highest BCUT2D eigenvalue weighted by Gasteiger charge is 2.28. The summed E-state index contributed by atoms with van der Waals surface area (Å²) in [5, 5.41) is 5.53. The second kappa shape index (κ2) is 5.63. The maximum atomic E-state index is 5.92. The van der Waals surface area contributed by atoms with E-state index >= 15 is 0 Å². The summed E-state index contributed by atoms with van der Waals surface area (Å²) in [6.45, 7) is 2.16. The fourth-order valence-electron chi connectivity index (χ4n) is 2.23. The van der Waals surface area contributed by atoms with Gasteiger partial charge in [0, 0.05) is 20.8 Å². The number of thiophene rings is 1. The van der Waals surface area contributed by atoms with Gasteiger partial charge in [0.1, 0.15) is 0 Å². The number of hydrogen-bond donors (Lipinski definition) is 1. The molecule has 0 spiro atoms. The first-order valence-corrected chi connectivity index (χ1v) is 7.42. The minimum atomic E-state index is 0.376. The maximum Gasteiger partial charge on any atom is 0.0736 e. The molecule has 0 amide bonds. The molecule has 1 aliphatic rings. The average molecular weight is 304 g/mol. The Labute approximate surface area is 110 Å². The molecule has 0 bridgehead atoms. The van der Waals surface area contributed by atoms with E-state index in [1.54, 1.807) is 0 Å². The summed E-state index contributed by atoms with van der Waals surface area (Å²) >= 11 is 5.31. The van der Waals surface area contributed by atoms with E-state index in [1.165, 1.54) is 22.2 Å². The first-order chi connectivity index (χ1) is 7.69. The molecule has 0 aliphatic carbocycles. The average Bonchev–Trinajstić information content (AvgIpc) is 2.84. The Hall–Kier alpha value is 0.1000. The Morgan fingerprint density at radius 2 is 2.44 bits per heavy atom. The molecule has 1 saturated heterocycles. The lowest BCUT2D eigenvalue weighted by Gasteiger charge is -2.22. The van der Waals surface area contributed by atoms with Crippen molar-refractivity contribution in [2.75, 3.05) is 7.05 Å². The van der Waals surface area contributed by atoms with Gasteiger partial charge in [-0.3, -0.25) is 0 Å². The SMILES string of the molecule is CNC(Cc1cc(Br)cs1)C1CCC(C)O1. The summed E-state index contributed by atoms with van der Waals surface area (Å²) in [4.78, 5) is 1.41. The third kappa shape index (κ3) is 3.06. The van der Waals surface area contributed by atoms with Crippen molar-refractivity contribution in [3.8, 4) is 0 Å². The Bertz CT molecular complexity index is 342. The zero-order valence-corrected chi connectivity index (χ0v) is 12.1. The third-order valence-corrected chi connectivity index (χ3v) is 4.85. The summed E-state index contributed by atoms with van der Waals surface area (Å²) < 4.78 is 7.11. The van der Waals surface area contributed by atoms with Gasteiger partial charge in [-0.1, -0.05) is 0 Å². The molecule has 2 nitrogen and oxygen atoms in total. The van der Waals surface area contributed by atoms with Crippen molar-refractivity contribution in [1.29, 1.82) is 0 Å². The topological polar surface area (TPSA) is 21.3 Å². The zero-order valence-electron chi connectivity index (χ0n) is 9.70. The molecule has 0 aromatic carbocycles. The van der Waals surface area contributed by atoms with E-state index in [2.05, 4.69) is 39.6 Å². The van der Waals surface area contributed by atoms with E-state index in [9.17, 15) is 0 Å². The van der Waals surface area contributed by atoms with Gasteiger partial charge in [-0.25, -0.2) is 0 Å². The van der Waals surface area contributed by atoms with Gasteiger partial charge in [-0.15, -0.1) is 11.3 Å². The smallest absolute Gasteiger partial charge is 0.0736 e. The van der Waals surface area contributed by atoms with Crippen LogP contribution >= 0.6 is 27.3 Å². The zero-order chi connectivity index (χ0) is 11.5. The number of halogens is 1. The van der Waals surface area contributed by atoms with E-state index in [4.69, 9.17) is 4.74 Å². The number of ether oxygens (including phenoxy) is 1. The standard InChI is InChI=1S/C12H18BrNOS/c1-8-3-4-12(15-8)11(14-2)6-10-5-9(13)7-16-10/h5,7-8,11-12,14H,3-4,6H2,1-2H3. The van der Waals surface area contributed by atoms with Gasteiger partial charge in [-0.2, -0.15) is 0 Å². The van der Waals surface area contributed by atoms with Crippen molar-refractivity contribution in [2.24, 2.45) is 0 Å². The lowest BCUT2D eigenvalue weighted by Crippen LogP contribution is -2.39. The van der Waals surface area contributed by atoms with Crippen LogP contribution in [0.25, 0.3) is 0 Å². The molecule has 4 heteroatoms. The normalized spacial score (nSPS) is 27.2. The second-order valence-electron chi connectivity index (χ2n) is 4.39. The summed E-state index contributed by atoms with van der Waals surface area (Å²) in [5.74, 6) is 0. The fourth-order valence-corrected chi connectivity index (χ4v) is 3.74. The van der Waals surface area contributed by atoms with Gasteiger partial charge in [-0.05, 0) is 55.2 Å². The molecule has 1 aromatic heterocycles. The van der Waals surface area contributed by atoms with E-state index in [0.717, 1.165) is 6.42 Å². The molecule has 2 heterocycles. The molecular formula is C12H18BrNOS. The van der Waals surface area contributed by atoms with Gasteiger partial charge in [0.05, 0.1) is 12.2 Å². The van der Waals surface area contributed by atoms with Gasteiger partial charge in [0.25, 0.3) is 0 Å². The predicted octanol–water partition coefficient (Wildman–Crippen LogP) is 3.21. The van der Waals surface area contributed by atoms with E-state index in [0.29, 0.717) is 18.2 Å². The van der Waals surface area contributed by atoms with E-state index in [-0.39, 0.29) is 0 Å². The molecule has 0 radical (unpaired) electrons. The first kappa shape index (κ1) is 12.6. The molecule has 3 unspecified atom stereocenters. The van der Waals surface area contributed by atoms with Crippen molar-refractivity contribution in [3.63, 3.8) is 0 Å². The largest absolute Gasteiger partial charge is 0.374 e. The number of likely N-dealkylation sites (N-methyl/N-ethyl adjacent to an activating group) is 1. The molecule has 1 N–H and O–H groups in total. The summed E-state index contributed by atoms with van der Waals surface area (Å²) in [7, 11) is 2.03. The number of hydrogen-bond acceptors (Lipinski definition) is 3. The minimum absolute atomic E-state index is 0.376. The van der Waals surface area contributed by atoms with Crippen LogP contribution in [-0.2, 0) is 11.2 Å². The molecule has 1 fully saturated rings. The van der Waals surface area contributed by atoms with Gasteiger partial charge < -0.3 is 10.1 Å². The van der Waals surface area contributed by atoms with Crippen LogP contribution in [0.3, 0.4) is 0 Å². The predicted molar refractivity (Wildman–Crippen MR) is 72.1 cm³/mol. The number of rotatable bonds is 4. The van der Waals surface area contributed by atoms with Gasteiger partial charge in [0.15, 0.2) is 0 Å². The highest BCUT2D eigenvalue weighted by Crippen LogP contribution is 2.26. The van der Waals surface area contributed by atoms with Crippen LogP contribution in [-0.4, -0.2) is 25.3 Å². The first-order valence-electron chi connectivity index (χ1n) is 5.74. The van der Waals surface area contributed by atoms with Gasteiger partial charge in [0.2, 0.25) is 0 Å². The van der Waals surface area contributed by atoms with Crippen molar-refractivity contribution in [1.82, 2.24) is 5.32 Å². The van der Waals surface area contributed by atoms with Crippen LogP contribution in [0, 0.1) is 0 Å². The molecular weight excluding hydrogens is 286 g/mol. The molecule has 3 atom stereocenters. The Morgan fingerprint density at radius 3 is 2.94 bits per heavy atom. The van der Waals surface area contributed by atoms with Crippen LogP contribution in [0.4, 0.5) is 0 Å². The molecule has 1 aromatic rings. The lowest BCUT2D eigenvalue weighted by atomic mass is 10.0. The highest BCUT2D eigenvalue weighted by molar-refractivity contribution is 9.10. The van der Waals surface area contributed by atoms with Crippen LogP contribution in [0.2, 0.25) is 0 Å². The van der Waals surface area contributed by atoms with E-state index in [1.807, 2.05) is 18.4 Å². The van der Waals surface area contributed by atoms with Crippen molar-refractivity contribution < 1.29 is 4.74 Å². The van der Waals surface area contributed by atoms with Crippen molar-refractivity contribution in [3.05, 3.63) is 20.8 Å². The minimum Gasteiger partial charge on any atom is -0.374 e. The van der Waals surface area contributed by atoms with Crippen LogP contribution in [0.5, 0.6) is 0 Å². The quantitative estimate of drug-likeness (QED) is 0.922. The van der Waals surface area contributed by atoms with Crippen molar-refractivity contribution in [2.45, 2.75) is 44.4 Å².